The Hall–Kier alpha value is -1.87. The molecule has 18 heavy (non-hydrogen) atoms. The molecule has 0 radical (unpaired) electrons. The number of nitrogens with two attached hydrogens (primary N) is 1. The number of carbonyl (C=O) groups is 1. The van der Waals surface area contributed by atoms with Crippen LogP contribution in [0, 0.1) is 0 Å². The van der Waals surface area contributed by atoms with Gasteiger partial charge < -0.3 is 11.1 Å². The van der Waals surface area contributed by atoms with Crippen molar-refractivity contribution in [3.05, 3.63) is 48.0 Å². The quantitative estimate of drug-likeness (QED) is 0.867. The van der Waals surface area contributed by atoms with Gasteiger partial charge in [-0.25, -0.2) is 0 Å². The minimum atomic E-state index is -0.836. The van der Waals surface area contributed by atoms with E-state index in [1.54, 1.807) is 13.8 Å². The normalized spacial score (nSPS) is 11.5. The van der Waals surface area contributed by atoms with Gasteiger partial charge in [-0.1, -0.05) is 36.4 Å². The molecule has 0 aliphatic rings. The fourth-order valence-electron chi connectivity index (χ4n) is 1.76. The largest absolute Gasteiger partial charge is 0.350 e. The van der Waals surface area contributed by atoms with Gasteiger partial charge in [-0.3, -0.25) is 4.79 Å². The molecule has 0 saturated heterocycles. The SMILES string of the molecule is CC(C)(N)C(=O)NCc1ccc2ccccc2c1. The summed E-state index contributed by atoms with van der Waals surface area (Å²) in [5.74, 6) is -0.143. The molecule has 0 atom stereocenters. The van der Waals surface area contributed by atoms with E-state index in [2.05, 4.69) is 29.6 Å². The van der Waals surface area contributed by atoms with Gasteiger partial charge in [0.05, 0.1) is 5.54 Å². The van der Waals surface area contributed by atoms with E-state index in [1.165, 1.54) is 10.8 Å². The standard InChI is InChI=1S/C15H18N2O/c1-15(2,16)14(18)17-10-11-7-8-12-5-3-4-6-13(12)9-11/h3-9H,10,16H2,1-2H3,(H,17,18). The summed E-state index contributed by atoms with van der Waals surface area (Å²) < 4.78 is 0. The Morgan fingerprint density at radius 3 is 2.50 bits per heavy atom. The van der Waals surface area contributed by atoms with Crippen LogP contribution in [0.15, 0.2) is 42.5 Å². The van der Waals surface area contributed by atoms with Crippen LogP contribution in [-0.4, -0.2) is 11.4 Å². The average Bonchev–Trinajstić information content (AvgIpc) is 2.34. The van der Waals surface area contributed by atoms with Gasteiger partial charge in [0, 0.05) is 6.54 Å². The van der Waals surface area contributed by atoms with Crippen LogP contribution in [-0.2, 0) is 11.3 Å². The number of benzene rings is 2. The second-order valence-corrected chi connectivity index (χ2v) is 5.09. The molecule has 0 fully saturated rings. The van der Waals surface area contributed by atoms with E-state index in [4.69, 9.17) is 5.73 Å². The molecule has 0 spiro atoms. The van der Waals surface area contributed by atoms with Crippen molar-refractivity contribution >= 4 is 16.7 Å². The highest BCUT2D eigenvalue weighted by atomic mass is 16.2. The first-order valence-corrected chi connectivity index (χ1v) is 6.02. The fourth-order valence-corrected chi connectivity index (χ4v) is 1.76. The molecule has 2 rings (SSSR count). The van der Waals surface area contributed by atoms with E-state index in [9.17, 15) is 4.79 Å². The second kappa shape index (κ2) is 4.78. The molecule has 0 aromatic heterocycles. The van der Waals surface area contributed by atoms with Gasteiger partial charge >= 0.3 is 0 Å². The molecular weight excluding hydrogens is 224 g/mol. The summed E-state index contributed by atoms with van der Waals surface area (Å²) in [6, 6.07) is 14.3. The Balaban J connectivity index is 2.11. The summed E-state index contributed by atoms with van der Waals surface area (Å²) in [7, 11) is 0. The topological polar surface area (TPSA) is 55.1 Å². The third kappa shape index (κ3) is 2.87. The van der Waals surface area contributed by atoms with Crippen molar-refractivity contribution in [2.24, 2.45) is 5.73 Å². The van der Waals surface area contributed by atoms with Gasteiger partial charge in [-0.2, -0.15) is 0 Å². The minimum Gasteiger partial charge on any atom is -0.350 e. The van der Waals surface area contributed by atoms with Crippen molar-refractivity contribution in [3.8, 4) is 0 Å². The van der Waals surface area contributed by atoms with Gasteiger partial charge in [0.15, 0.2) is 0 Å². The van der Waals surface area contributed by atoms with E-state index in [1.807, 2.05) is 18.2 Å². The number of rotatable bonds is 3. The minimum absolute atomic E-state index is 0.143. The smallest absolute Gasteiger partial charge is 0.239 e. The zero-order valence-corrected chi connectivity index (χ0v) is 10.7. The molecule has 0 saturated carbocycles. The van der Waals surface area contributed by atoms with E-state index in [0.29, 0.717) is 6.54 Å². The Morgan fingerprint density at radius 1 is 1.17 bits per heavy atom. The molecular formula is C15H18N2O. The van der Waals surface area contributed by atoms with Gasteiger partial charge in [-0.05, 0) is 36.2 Å². The summed E-state index contributed by atoms with van der Waals surface area (Å²) in [5, 5.41) is 5.22. The van der Waals surface area contributed by atoms with E-state index < -0.39 is 5.54 Å². The first kappa shape index (κ1) is 12.6. The van der Waals surface area contributed by atoms with Crippen LogP contribution in [0.4, 0.5) is 0 Å². The first-order chi connectivity index (χ1) is 8.47. The van der Waals surface area contributed by atoms with Crippen LogP contribution in [0.5, 0.6) is 0 Å². The lowest BCUT2D eigenvalue weighted by atomic mass is 10.1. The highest BCUT2D eigenvalue weighted by Crippen LogP contribution is 2.15. The predicted octanol–water partition coefficient (Wildman–Crippen LogP) is 2.19. The van der Waals surface area contributed by atoms with Gasteiger partial charge in [-0.15, -0.1) is 0 Å². The summed E-state index contributed by atoms with van der Waals surface area (Å²) in [4.78, 5) is 11.7. The maximum atomic E-state index is 11.7. The zero-order valence-electron chi connectivity index (χ0n) is 10.7. The van der Waals surface area contributed by atoms with E-state index in [0.717, 1.165) is 5.56 Å². The Morgan fingerprint density at radius 2 is 1.83 bits per heavy atom. The van der Waals surface area contributed by atoms with E-state index in [-0.39, 0.29) is 5.91 Å². The molecule has 1 amide bonds. The van der Waals surface area contributed by atoms with Crippen molar-refractivity contribution < 1.29 is 4.79 Å². The fraction of sp³-hybridized carbons (Fsp3) is 0.267. The number of nitrogens with one attached hydrogen (secondary N) is 1. The van der Waals surface area contributed by atoms with Crippen LogP contribution >= 0.6 is 0 Å². The van der Waals surface area contributed by atoms with Crippen molar-refractivity contribution in [2.45, 2.75) is 25.9 Å². The summed E-state index contributed by atoms with van der Waals surface area (Å²) >= 11 is 0. The summed E-state index contributed by atoms with van der Waals surface area (Å²) in [6.07, 6.45) is 0. The summed E-state index contributed by atoms with van der Waals surface area (Å²) in [6.45, 7) is 3.90. The number of hydrogen-bond acceptors (Lipinski definition) is 2. The van der Waals surface area contributed by atoms with Crippen LogP contribution in [0.2, 0.25) is 0 Å². The maximum absolute atomic E-state index is 11.7. The Labute approximate surface area is 107 Å². The van der Waals surface area contributed by atoms with Crippen molar-refractivity contribution in [2.75, 3.05) is 0 Å². The number of amides is 1. The predicted molar refractivity (Wildman–Crippen MR) is 74.1 cm³/mol. The molecule has 0 heterocycles. The van der Waals surface area contributed by atoms with Gasteiger partial charge in [0.2, 0.25) is 5.91 Å². The Kier molecular flexibility index (Phi) is 3.34. The first-order valence-electron chi connectivity index (χ1n) is 6.02. The third-order valence-electron chi connectivity index (χ3n) is 2.85. The van der Waals surface area contributed by atoms with Crippen molar-refractivity contribution in [1.82, 2.24) is 5.32 Å². The number of fused-ring (bicyclic) bond motifs is 1. The van der Waals surface area contributed by atoms with Crippen LogP contribution < -0.4 is 11.1 Å². The maximum Gasteiger partial charge on any atom is 0.239 e. The lowest BCUT2D eigenvalue weighted by Gasteiger charge is -2.17. The lowest BCUT2D eigenvalue weighted by molar-refractivity contribution is -0.125. The lowest BCUT2D eigenvalue weighted by Crippen LogP contribution is -2.48. The van der Waals surface area contributed by atoms with Gasteiger partial charge in [0.25, 0.3) is 0 Å². The van der Waals surface area contributed by atoms with Gasteiger partial charge in [0.1, 0.15) is 0 Å². The monoisotopic (exact) mass is 242 g/mol. The third-order valence-corrected chi connectivity index (χ3v) is 2.85. The molecule has 94 valence electrons. The van der Waals surface area contributed by atoms with Crippen LogP contribution in [0.1, 0.15) is 19.4 Å². The molecule has 0 aliphatic carbocycles. The molecule has 0 aliphatic heterocycles. The number of hydrogen-bond donors (Lipinski definition) is 2. The molecule has 2 aromatic rings. The molecule has 3 N–H and O–H groups in total. The molecule has 0 unspecified atom stereocenters. The molecule has 3 nitrogen and oxygen atoms in total. The highest BCUT2D eigenvalue weighted by molar-refractivity contribution is 5.85. The zero-order chi connectivity index (χ0) is 13.2. The Bertz CT molecular complexity index is 570. The van der Waals surface area contributed by atoms with Crippen LogP contribution in [0.3, 0.4) is 0 Å². The van der Waals surface area contributed by atoms with E-state index >= 15 is 0 Å². The molecule has 0 bridgehead atoms. The average molecular weight is 242 g/mol. The highest BCUT2D eigenvalue weighted by Gasteiger charge is 2.20. The summed E-state index contributed by atoms with van der Waals surface area (Å²) in [5.41, 5.74) is 5.96. The number of carbonyl (C=O) groups excluding carboxylic acids is 1. The van der Waals surface area contributed by atoms with Crippen molar-refractivity contribution in [3.63, 3.8) is 0 Å². The molecule has 3 heteroatoms. The van der Waals surface area contributed by atoms with Crippen LogP contribution in [0.25, 0.3) is 10.8 Å². The second-order valence-electron chi connectivity index (χ2n) is 5.09. The van der Waals surface area contributed by atoms with Crippen molar-refractivity contribution in [1.29, 1.82) is 0 Å². The molecule has 2 aromatic carbocycles.